The Hall–Kier alpha value is -2.28. The van der Waals surface area contributed by atoms with Crippen LogP contribution in [-0.4, -0.2) is 4.98 Å². The summed E-state index contributed by atoms with van der Waals surface area (Å²) in [5.41, 5.74) is 5.06. The average Bonchev–Trinajstić information content (AvgIpc) is 2.81. The van der Waals surface area contributed by atoms with Crippen LogP contribution in [0.1, 0.15) is 11.1 Å². The Morgan fingerprint density at radius 2 is 1.26 bits per heavy atom. The molecule has 0 bridgehead atoms. The van der Waals surface area contributed by atoms with E-state index in [2.05, 4.69) is 54.5 Å². The molecule has 3 rings (SSSR count). The van der Waals surface area contributed by atoms with Crippen LogP contribution in [0, 0.1) is 0 Å². The fourth-order valence-electron chi connectivity index (χ4n) is 2.72. The van der Waals surface area contributed by atoms with Gasteiger partial charge in [0.1, 0.15) is 0 Å². The van der Waals surface area contributed by atoms with Gasteiger partial charge in [0.15, 0.2) is 0 Å². The zero-order valence-corrected chi connectivity index (χ0v) is 10.9. The molecule has 19 heavy (non-hydrogen) atoms. The monoisotopic (exact) mass is 247 g/mol. The van der Waals surface area contributed by atoms with Gasteiger partial charge in [0, 0.05) is 10.8 Å². The van der Waals surface area contributed by atoms with Crippen molar-refractivity contribution in [2.45, 2.75) is 12.8 Å². The van der Waals surface area contributed by atoms with Gasteiger partial charge in [-0.1, -0.05) is 48.6 Å². The van der Waals surface area contributed by atoms with Gasteiger partial charge in [-0.05, 0) is 24.0 Å². The van der Waals surface area contributed by atoms with E-state index in [0.717, 1.165) is 12.8 Å². The van der Waals surface area contributed by atoms with Crippen LogP contribution in [0.15, 0.2) is 61.7 Å². The van der Waals surface area contributed by atoms with Gasteiger partial charge >= 0.3 is 0 Å². The van der Waals surface area contributed by atoms with E-state index in [-0.39, 0.29) is 0 Å². The molecule has 0 saturated carbocycles. The molecule has 1 nitrogen and oxygen atoms in total. The lowest BCUT2D eigenvalue weighted by Gasteiger charge is -1.98. The van der Waals surface area contributed by atoms with Gasteiger partial charge in [-0.25, -0.2) is 0 Å². The maximum atomic E-state index is 3.84. The van der Waals surface area contributed by atoms with Crippen molar-refractivity contribution in [1.29, 1.82) is 0 Å². The highest BCUT2D eigenvalue weighted by atomic mass is 14.7. The molecule has 0 atom stereocenters. The second kappa shape index (κ2) is 4.77. The van der Waals surface area contributed by atoms with E-state index in [1.54, 1.807) is 0 Å². The highest BCUT2D eigenvalue weighted by Crippen LogP contribution is 2.30. The van der Waals surface area contributed by atoms with Crippen LogP contribution in [0.3, 0.4) is 0 Å². The number of rotatable bonds is 4. The summed E-state index contributed by atoms with van der Waals surface area (Å²) < 4.78 is 0. The predicted molar refractivity (Wildman–Crippen MR) is 83.6 cm³/mol. The first-order chi connectivity index (χ1) is 9.35. The topological polar surface area (TPSA) is 15.8 Å². The minimum atomic E-state index is 0.890. The van der Waals surface area contributed by atoms with Crippen molar-refractivity contribution >= 4 is 21.8 Å². The molecule has 1 N–H and O–H groups in total. The largest absolute Gasteiger partial charge is 0.354 e. The van der Waals surface area contributed by atoms with Crippen LogP contribution < -0.4 is 0 Å². The number of fused-ring (bicyclic) bond motifs is 3. The van der Waals surface area contributed by atoms with Gasteiger partial charge in [-0.15, -0.1) is 13.2 Å². The molecule has 0 amide bonds. The van der Waals surface area contributed by atoms with E-state index in [9.17, 15) is 0 Å². The Labute approximate surface area is 113 Å². The average molecular weight is 247 g/mol. The molecule has 0 saturated heterocycles. The summed E-state index contributed by atoms with van der Waals surface area (Å²) in [6, 6.07) is 12.9. The van der Waals surface area contributed by atoms with Crippen molar-refractivity contribution in [2.75, 3.05) is 0 Å². The molecule has 2 aromatic carbocycles. The first-order valence-corrected chi connectivity index (χ1v) is 6.58. The minimum Gasteiger partial charge on any atom is -0.354 e. The molecule has 0 aliphatic heterocycles. The normalized spacial score (nSPS) is 10.9. The maximum absolute atomic E-state index is 3.84. The number of allylic oxidation sites excluding steroid dienone is 2. The Bertz CT molecular complexity index is 698. The molecule has 0 fully saturated rings. The fourth-order valence-corrected chi connectivity index (χ4v) is 2.72. The van der Waals surface area contributed by atoms with E-state index < -0.39 is 0 Å². The first kappa shape index (κ1) is 11.8. The zero-order chi connectivity index (χ0) is 13.2. The van der Waals surface area contributed by atoms with E-state index in [1.807, 2.05) is 12.2 Å². The van der Waals surface area contributed by atoms with Crippen LogP contribution in [-0.2, 0) is 12.8 Å². The van der Waals surface area contributed by atoms with E-state index in [0.29, 0.717) is 0 Å². The molecule has 0 radical (unpaired) electrons. The highest BCUT2D eigenvalue weighted by molar-refractivity contribution is 6.09. The van der Waals surface area contributed by atoms with Crippen LogP contribution in [0.5, 0.6) is 0 Å². The lowest BCUT2D eigenvalue weighted by atomic mass is 10.0. The number of hydrogen-bond acceptors (Lipinski definition) is 0. The van der Waals surface area contributed by atoms with Crippen molar-refractivity contribution in [3.63, 3.8) is 0 Å². The molecule has 0 aliphatic carbocycles. The lowest BCUT2D eigenvalue weighted by molar-refractivity contribution is 1.27. The number of para-hydroxylation sites is 2. The van der Waals surface area contributed by atoms with E-state index in [4.69, 9.17) is 0 Å². The molecule has 1 heteroatoms. The molecular weight excluding hydrogens is 230 g/mol. The molecule has 1 aromatic heterocycles. The summed E-state index contributed by atoms with van der Waals surface area (Å²) >= 11 is 0. The summed E-state index contributed by atoms with van der Waals surface area (Å²) in [7, 11) is 0. The smallest absolute Gasteiger partial charge is 0.0500 e. The first-order valence-electron chi connectivity index (χ1n) is 6.58. The summed E-state index contributed by atoms with van der Waals surface area (Å²) in [5, 5.41) is 2.58. The van der Waals surface area contributed by atoms with Crippen LogP contribution in [0.4, 0.5) is 0 Å². The number of nitrogens with one attached hydrogen (secondary N) is 1. The Kier molecular flexibility index (Phi) is 2.96. The zero-order valence-electron chi connectivity index (χ0n) is 10.9. The van der Waals surface area contributed by atoms with Gasteiger partial charge in [0.25, 0.3) is 0 Å². The van der Waals surface area contributed by atoms with Gasteiger partial charge < -0.3 is 4.98 Å². The van der Waals surface area contributed by atoms with Gasteiger partial charge in [-0.3, -0.25) is 0 Å². The van der Waals surface area contributed by atoms with Crippen molar-refractivity contribution in [3.8, 4) is 0 Å². The van der Waals surface area contributed by atoms with Crippen LogP contribution in [0.2, 0.25) is 0 Å². The third-order valence-electron chi connectivity index (χ3n) is 3.57. The Morgan fingerprint density at radius 3 is 1.68 bits per heavy atom. The van der Waals surface area contributed by atoms with Gasteiger partial charge in [0.2, 0.25) is 0 Å². The molecule has 0 aliphatic rings. The summed E-state index contributed by atoms with van der Waals surface area (Å²) in [6.07, 6.45) is 5.68. The van der Waals surface area contributed by atoms with Crippen molar-refractivity contribution in [3.05, 3.63) is 72.8 Å². The molecular formula is C18H17N. The van der Waals surface area contributed by atoms with Gasteiger partial charge in [0.05, 0.1) is 11.0 Å². The van der Waals surface area contributed by atoms with Crippen LogP contribution >= 0.6 is 0 Å². The Morgan fingerprint density at radius 1 is 0.789 bits per heavy atom. The standard InChI is InChI=1S/C18H17N/c1-3-7-13-9-5-11-15-16-12-6-10-14(8-4-2)18(16)19-17(13)15/h3-6,9-12,19H,1-2,7-8H2. The molecule has 3 aromatic rings. The molecule has 94 valence electrons. The van der Waals surface area contributed by atoms with Crippen molar-refractivity contribution in [2.24, 2.45) is 0 Å². The second-order valence-electron chi connectivity index (χ2n) is 4.79. The predicted octanol–water partition coefficient (Wildman–Crippen LogP) is 4.78. The summed E-state index contributed by atoms with van der Waals surface area (Å²) in [5.74, 6) is 0. The van der Waals surface area contributed by atoms with Gasteiger partial charge in [-0.2, -0.15) is 0 Å². The second-order valence-corrected chi connectivity index (χ2v) is 4.79. The number of benzene rings is 2. The summed E-state index contributed by atoms with van der Waals surface area (Å²) in [6.45, 7) is 7.67. The third-order valence-corrected chi connectivity index (χ3v) is 3.57. The van der Waals surface area contributed by atoms with Crippen molar-refractivity contribution in [1.82, 2.24) is 4.98 Å². The Balaban J connectivity index is 2.37. The molecule has 1 heterocycles. The van der Waals surface area contributed by atoms with E-state index in [1.165, 1.54) is 32.9 Å². The highest BCUT2D eigenvalue weighted by Gasteiger charge is 2.09. The maximum Gasteiger partial charge on any atom is 0.0500 e. The molecule has 0 spiro atoms. The minimum absolute atomic E-state index is 0.890. The van der Waals surface area contributed by atoms with Crippen LogP contribution in [0.25, 0.3) is 21.8 Å². The van der Waals surface area contributed by atoms with E-state index >= 15 is 0 Å². The third kappa shape index (κ3) is 1.88. The number of H-pyrrole nitrogens is 1. The number of aromatic amines is 1. The summed E-state index contributed by atoms with van der Waals surface area (Å²) in [4.78, 5) is 3.59. The SMILES string of the molecule is C=CCc1cccc2c1[nH]c1c(CC=C)cccc12. The quantitative estimate of drug-likeness (QED) is 0.639. The number of aromatic nitrogens is 1. The van der Waals surface area contributed by atoms with Crippen molar-refractivity contribution < 1.29 is 0 Å². The number of hydrogen-bond donors (Lipinski definition) is 1. The molecule has 0 unspecified atom stereocenters. The fraction of sp³-hybridized carbons (Fsp3) is 0.111. The lowest BCUT2D eigenvalue weighted by Crippen LogP contribution is -1.83.